The molecule has 0 radical (unpaired) electrons. The smallest absolute Gasteiger partial charge is 0.256 e. The second kappa shape index (κ2) is 4.49. The van der Waals surface area contributed by atoms with Gasteiger partial charge in [-0.2, -0.15) is 4.39 Å². The molecule has 1 amide bonds. The van der Waals surface area contributed by atoms with Crippen LogP contribution in [-0.2, 0) is 0 Å². The van der Waals surface area contributed by atoms with E-state index in [2.05, 4.69) is 20.3 Å². The third-order valence-electron chi connectivity index (χ3n) is 2.64. The first-order chi connectivity index (χ1) is 9.22. The minimum atomic E-state index is -0.637. The maximum absolute atomic E-state index is 12.9. The molecule has 6 heteroatoms. The first-order valence-corrected chi connectivity index (χ1v) is 5.59. The number of halogens is 1. The second-order valence-electron chi connectivity index (χ2n) is 3.93. The van der Waals surface area contributed by atoms with Crippen molar-refractivity contribution in [3.8, 4) is 0 Å². The minimum absolute atomic E-state index is 0.176. The van der Waals surface area contributed by atoms with Gasteiger partial charge in [-0.05, 0) is 30.3 Å². The Kier molecular flexibility index (Phi) is 2.68. The van der Waals surface area contributed by atoms with Crippen LogP contribution < -0.4 is 5.32 Å². The van der Waals surface area contributed by atoms with Gasteiger partial charge in [0, 0.05) is 5.56 Å². The van der Waals surface area contributed by atoms with Crippen LogP contribution in [0.5, 0.6) is 0 Å². The van der Waals surface area contributed by atoms with Crippen molar-refractivity contribution in [2.24, 2.45) is 0 Å². The lowest BCUT2D eigenvalue weighted by atomic mass is 10.2. The number of benzene rings is 1. The fourth-order valence-corrected chi connectivity index (χ4v) is 1.74. The van der Waals surface area contributed by atoms with Gasteiger partial charge in [-0.25, -0.2) is 9.97 Å². The molecule has 0 bridgehead atoms. The fourth-order valence-electron chi connectivity index (χ4n) is 1.74. The summed E-state index contributed by atoms with van der Waals surface area (Å²) in [6.07, 6.45) is 1.56. The molecule has 0 aliphatic carbocycles. The summed E-state index contributed by atoms with van der Waals surface area (Å²) in [4.78, 5) is 22.5. The van der Waals surface area contributed by atoms with E-state index in [1.807, 2.05) is 0 Å². The van der Waals surface area contributed by atoms with Gasteiger partial charge in [0.05, 0.1) is 17.4 Å². The molecule has 2 N–H and O–H groups in total. The number of aromatic amines is 1. The molecule has 3 rings (SSSR count). The SMILES string of the molecule is O=C(Nc1cccc(F)n1)c1ccc2nc[nH]c2c1. The van der Waals surface area contributed by atoms with Gasteiger partial charge >= 0.3 is 0 Å². The van der Waals surface area contributed by atoms with E-state index in [4.69, 9.17) is 0 Å². The fraction of sp³-hybridized carbons (Fsp3) is 0. The van der Waals surface area contributed by atoms with Crippen molar-refractivity contribution in [2.45, 2.75) is 0 Å². The largest absolute Gasteiger partial charge is 0.345 e. The molecule has 3 aromatic rings. The lowest BCUT2D eigenvalue weighted by Crippen LogP contribution is -2.13. The Labute approximate surface area is 107 Å². The molecule has 0 atom stereocenters. The Bertz CT molecular complexity index is 753. The number of anilines is 1. The molecule has 0 aliphatic heterocycles. The Balaban J connectivity index is 1.87. The summed E-state index contributed by atoms with van der Waals surface area (Å²) in [6.45, 7) is 0. The third kappa shape index (κ3) is 2.28. The zero-order chi connectivity index (χ0) is 13.2. The predicted octanol–water partition coefficient (Wildman–Crippen LogP) is 2.35. The molecular weight excluding hydrogens is 247 g/mol. The van der Waals surface area contributed by atoms with Crippen molar-refractivity contribution in [1.82, 2.24) is 15.0 Å². The van der Waals surface area contributed by atoms with Crippen LogP contribution >= 0.6 is 0 Å². The number of carbonyl (C=O) groups excluding carboxylic acids is 1. The zero-order valence-electron chi connectivity index (χ0n) is 9.72. The molecule has 2 heterocycles. The molecular formula is C13H9FN4O. The van der Waals surface area contributed by atoms with Crippen LogP contribution in [0.3, 0.4) is 0 Å². The number of pyridine rings is 1. The van der Waals surface area contributed by atoms with Crippen molar-refractivity contribution in [2.75, 3.05) is 5.32 Å². The summed E-state index contributed by atoms with van der Waals surface area (Å²) in [5.41, 5.74) is 1.99. The normalized spacial score (nSPS) is 10.6. The van der Waals surface area contributed by atoms with Crippen LogP contribution in [0.1, 0.15) is 10.4 Å². The number of nitrogens with zero attached hydrogens (tertiary/aromatic N) is 2. The first kappa shape index (κ1) is 11.3. The molecule has 0 saturated carbocycles. The number of rotatable bonds is 2. The Hall–Kier alpha value is -2.76. The van der Waals surface area contributed by atoms with Gasteiger partial charge in [0.2, 0.25) is 5.95 Å². The quantitative estimate of drug-likeness (QED) is 0.691. The van der Waals surface area contributed by atoms with Crippen molar-refractivity contribution in [3.63, 3.8) is 0 Å². The van der Waals surface area contributed by atoms with E-state index in [1.54, 1.807) is 24.5 Å². The Morgan fingerprint density at radius 1 is 1.26 bits per heavy atom. The monoisotopic (exact) mass is 256 g/mol. The van der Waals surface area contributed by atoms with Gasteiger partial charge in [0.1, 0.15) is 5.82 Å². The maximum atomic E-state index is 12.9. The lowest BCUT2D eigenvalue weighted by molar-refractivity contribution is 0.102. The summed E-state index contributed by atoms with van der Waals surface area (Å²) >= 11 is 0. The number of amides is 1. The van der Waals surface area contributed by atoms with E-state index in [0.717, 1.165) is 11.0 Å². The van der Waals surface area contributed by atoms with Crippen LogP contribution in [0.25, 0.3) is 11.0 Å². The molecule has 0 unspecified atom stereocenters. The number of fused-ring (bicyclic) bond motifs is 1. The molecule has 94 valence electrons. The molecule has 0 fully saturated rings. The number of hydrogen-bond donors (Lipinski definition) is 2. The molecule has 0 spiro atoms. The third-order valence-corrected chi connectivity index (χ3v) is 2.64. The van der Waals surface area contributed by atoms with Crippen LogP contribution in [-0.4, -0.2) is 20.9 Å². The maximum Gasteiger partial charge on any atom is 0.256 e. The number of hydrogen-bond acceptors (Lipinski definition) is 3. The highest BCUT2D eigenvalue weighted by atomic mass is 19.1. The van der Waals surface area contributed by atoms with Crippen LogP contribution in [0.2, 0.25) is 0 Å². The van der Waals surface area contributed by atoms with Gasteiger partial charge in [0.15, 0.2) is 0 Å². The van der Waals surface area contributed by atoms with Gasteiger partial charge in [0.25, 0.3) is 5.91 Å². The Morgan fingerprint density at radius 3 is 3.00 bits per heavy atom. The van der Waals surface area contributed by atoms with Crippen LogP contribution in [0.4, 0.5) is 10.2 Å². The summed E-state index contributed by atoms with van der Waals surface area (Å²) in [5, 5.41) is 2.53. The lowest BCUT2D eigenvalue weighted by Gasteiger charge is -2.04. The van der Waals surface area contributed by atoms with E-state index >= 15 is 0 Å². The second-order valence-corrected chi connectivity index (χ2v) is 3.93. The van der Waals surface area contributed by atoms with E-state index in [1.165, 1.54) is 18.2 Å². The van der Waals surface area contributed by atoms with Crippen molar-refractivity contribution in [3.05, 3.63) is 54.2 Å². The van der Waals surface area contributed by atoms with Crippen molar-refractivity contribution >= 4 is 22.8 Å². The summed E-state index contributed by atoms with van der Waals surface area (Å²) in [7, 11) is 0. The molecule has 1 aromatic carbocycles. The van der Waals surface area contributed by atoms with Gasteiger partial charge in [-0.15, -0.1) is 0 Å². The highest BCUT2D eigenvalue weighted by Gasteiger charge is 2.08. The predicted molar refractivity (Wildman–Crippen MR) is 68.2 cm³/mol. The van der Waals surface area contributed by atoms with E-state index < -0.39 is 5.95 Å². The van der Waals surface area contributed by atoms with E-state index in [0.29, 0.717) is 5.56 Å². The number of imidazole rings is 1. The van der Waals surface area contributed by atoms with Gasteiger partial charge in [-0.3, -0.25) is 4.79 Å². The molecule has 0 saturated heterocycles. The van der Waals surface area contributed by atoms with Gasteiger partial charge in [-0.1, -0.05) is 6.07 Å². The van der Waals surface area contributed by atoms with Crippen LogP contribution in [0, 0.1) is 5.95 Å². The molecule has 5 nitrogen and oxygen atoms in total. The summed E-state index contributed by atoms with van der Waals surface area (Å²) < 4.78 is 12.9. The molecule has 2 aromatic heterocycles. The summed E-state index contributed by atoms with van der Waals surface area (Å²) in [6, 6.07) is 9.28. The molecule has 0 aliphatic rings. The van der Waals surface area contributed by atoms with Crippen LogP contribution in [0.15, 0.2) is 42.7 Å². The van der Waals surface area contributed by atoms with Crippen molar-refractivity contribution < 1.29 is 9.18 Å². The average molecular weight is 256 g/mol. The highest BCUT2D eigenvalue weighted by molar-refractivity contribution is 6.05. The number of nitrogens with one attached hydrogen (secondary N) is 2. The first-order valence-electron chi connectivity index (χ1n) is 5.59. The number of carbonyl (C=O) groups is 1. The zero-order valence-corrected chi connectivity index (χ0v) is 9.72. The standard InChI is InChI=1S/C13H9FN4O/c14-11-2-1-3-12(17-11)18-13(19)8-4-5-9-10(6-8)16-7-15-9/h1-7H,(H,15,16)(H,17,18,19). The van der Waals surface area contributed by atoms with Gasteiger partial charge < -0.3 is 10.3 Å². The highest BCUT2D eigenvalue weighted by Crippen LogP contribution is 2.13. The number of aromatic nitrogens is 3. The number of H-pyrrole nitrogens is 1. The van der Waals surface area contributed by atoms with E-state index in [9.17, 15) is 9.18 Å². The Morgan fingerprint density at radius 2 is 2.16 bits per heavy atom. The van der Waals surface area contributed by atoms with Crippen molar-refractivity contribution in [1.29, 1.82) is 0 Å². The minimum Gasteiger partial charge on any atom is -0.345 e. The van der Waals surface area contributed by atoms with E-state index in [-0.39, 0.29) is 11.7 Å². The topological polar surface area (TPSA) is 70.7 Å². The molecule has 19 heavy (non-hydrogen) atoms. The summed E-state index contributed by atoms with van der Waals surface area (Å²) in [5.74, 6) is -0.814. The average Bonchev–Trinajstić information content (AvgIpc) is 2.85.